The highest BCUT2D eigenvalue weighted by Gasteiger charge is 2.58. The maximum atomic E-state index is 13.1. The predicted octanol–water partition coefficient (Wildman–Crippen LogP) is 5.61. The Morgan fingerprint density at radius 1 is 0.611 bits per heavy atom. The Kier molecular flexibility index (Phi) is 9.64. The van der Waals surface area contributed by atoms with E-state index < -0.39 is 95.1 Å². The molecule has 12 nitrogen and oxygen atoms in total. The van der Waals surface area contributed by atoms with E-state index in [1.54, 1.807) is 90.1 Å². The zero-order valence-electron chi connectivity index (χ0n) is 31.7. The molecule has 54 heavy (non-hydrogen) atoms. The van der Waals surface area contributed by atoms with Crippen molar-refractivity contribution in [1.29, 1.82) is 0 Å². The maximum Gasteiger partial charge on any atom is 0.412 e. The molecule has 0 radical (unpaired) electrons. The van der Waals surface area contributed by atoms with Gasteiger partial charge in [0.05, 0.1) is 10.8 Å². The van der Waals surface area contributed by atoms with Gasteiger partial charge in [-0.15, -0.1) is 0 Å². The van der Waals surface area contributed by atoms with E-state index in [-0.39, 0.29) is 12.8 Å². The van der Waals surface area contributed by atoms with Crippen LogP contribution in [0.4, 0.5) is 9.59 Å². The van der Waals surface area contributed by atoms with Gasteiger partial charge >= 0.3 is 24.1 Å². The smallest absolute Gasteiger partial charge is 0.412 e. The first-order valence-electron chi connectivity index (χ1n) is 17.9. The minimum atomic E-state index is -0.940. The van der Waals surface area contributed by atoms with Gasteiger partial charge in [0.1, 0.15) is 35.4 Å². The quantitative estimate of drug-likeness (QED) is 0.138. The van der Waals surface area contributed by atoms with Crippen molar-refractivity contribution in [3.05, 3.63) is 59.7 Å². The van der Waals surface area contributed by atoms with Crippen molar-refractivity contribution in [2.45, 2.75) is 104 Å². The number of hydrogen-bond donors (Lipinski definition) is 0. The normalized spacial score (nSPS) is 25.9. The number of carbonyl (C=O) groups excluding carboxylic acids is 6. The number of likely N-dealkylation sites (tertiary alicyclic amines) is 2. The summed E-state index contributed by atoms with van der Waals surface area (Å²) in [5, 5.41) is 0. The van der Waals surface area contributed by atoms with E-state index in [0.29, 0.717) is 11.1 Å². The first-order chi connectivity index (χ1) is 25.2. The summed E-state index contributed by atoms with van der Waals surface area (Å²) in [5.74, 6) is 9.74. The fourth-order valence-electron chi connectivity index (χ4n) is 7.02. The molecular weight excluding hydrogens is 692 g/mol. The SMILES string of the molecule is CC(C)(C)OC(=O)N1C(C(=O)OCC(=O)c2ccc(-c3ccc(C(=O)COC(=O)C4CC5(C)C#CC5N4C(=O)OC(C)(C)C)cc3)cc2)CC2(C)C#CC12. The minimum absolute atomic E-state index is 0.284. The van der Waals surface area contributed by atoms with Gasteiger partial charge in [-0.05, 0) is 79.4 Å². The average molecular weight is 737 g/mol. The number of Topliss-reactive ketones (excluding diaryl/α,β-unsaturated/α-hetero) is 2. The lowest BCUT2D eigenvalue weighted by Gasteiger charge is -2.34. The Hall–Kier alpha value is -5.62. The second-order valence-electron chi connectivity index (χ2n) is 16.6. The number of amides is 2. The molecule has 6 unspecified atom stereocenters. The topological polar surface area (TPSA) is 146 Å². The lowest BCUT2D eigenvalue weighted by atomic mass is 9.76. The molecule has 2 aliphatic carbocycles. The second-order valence-corrected chi connectivity index (χ2v) is 16.6. The van der Waals surface area contributed by atoms with Crippen molar-refractivity contribution in [3.63, 3.8) is 0 Å². The van der Waals surface area contributed by atoms with Crippen LogP contribution in [-0.2, 0) is 28.5 Å². The van der Waals surface area contributed by atoms with Crippen molar-refractivity contribution in [3.8, 4) is 34.8 Å². The molecule has 6 rings (SSSR count). The summed E-state index contributed by atoms with van der Waals surface area (Å²) in [6.45, 7) is 13.2. The number of fused-ring (bicyclic) bond motifs is 2. The van der Waals surface area contributed by atoms with Crippen LogP contribution in [0.2, 0.25) is 0 Å². The second kappa shape index (κ2) is 13.7. The van der Waals surface area contributed by atoms with Crippen LogP contribution in [0.5, 0.6) is 0 Å². The molecule has 2 heterocycles. The summed E-state index contributed by atoms with van der Waals surface area (Å²) in [7, 11) is 0. The first-order valence-corrected chi connectivity index (χ1v) is 17.9. The van der Waals surface area contributed by atoms with Crippen molar-refractivity contribution in [2.24, 2.45) is 10.8 Å². The molecule has 0 saturated carbocycles. The van der Waals surface area contributed by atoms with Gasteiger partial charge in [0, 0.05) is 11.1 Å². The van der Waals surface area contributed by atoms with E-state index in [9.17, 15) is 28.8 Å². The van der Waals surface area contributed by atoms with E-state index in [0.717, 1.165) is 11.1 Å². The van der Waals surface area contributed by atoms with Crippen molar-refractivity contribution < 1.29 is 47.7 Å². The van der Waals surface area contributed by atoms with E-state index in [4.69, 9.17) is 18.9 Å². The molecule has 2 aliphatic heterocycles. The van der Waals surface area contributed by atoms with E-state index in [2.05, 4.69) is 23.7 Å². The van der Waals surface area contributed by atoms with E-state index >= 15 is 0 Å². The van der Waals surface area contributed by atoms with Crippen LogP contribution in [-0.4, -0.2) is 94.1 Å². The molecule has 2 amide bonds. The summed E-state index contributed by atoms with van der Waals surface area (Å²) >= 11 is 0. The highest BCUT2D eigenvalue weighted by molar-refractivity contribution is 6.00. The van der Waals surface area contributed by atoms with E-state index in [1.165, 1.54) is 9.80 Å². The molecule has 6 atom stereocenters. The number of rotatable bonds is 9. The van der Waals surface area contributed by atoms with Gasteiger partial charge < -0.3 is 18.9 Å². The minimum Gasteiger partial charge on any atom is -0.456 e. The van der Waals surface area contributed by atoms with Gasteiger partial charge in [0.15, 0.2) is 24.8 Å². The van der Waals surface area contributed by atoms with Crippen LogP contribution in [0.15, 0.2) is 48.5 Å². The third-order valence-electron chi connectivity index (χ3n) is 9.85. The Balaban J connectivity index is 1.01. The first kappa shape index (κ1) is 38.1. The predicted molar refractivity (Wildman–Crippen MR) is 195 cm³/mol. The highest BCUT2D eigenvalue weighted by Crippen LogP contribution is 2.46. The molecule has 2 saturated heterocycles. The Bertz CT molecular complexity index is 1890. The fourth-order valence-corrected chi connectivity index (χ4v) is 7.02. The zero-order chi connectivity index (χ0) is 39.4. The fraction of sp³-hybridized carbons (Fsp3) is 0.476. The number of carbonyl (C=O) groups is 6. The van der Waals surface area contributed by atoms with Crippen molar-refractivity contribution >= 4 is 35.7 Å². The number of hydrogen-bond acceptors (Lipinski definition) is 10. The number of ether oxygens (including phenoxy) is 4. The molecule has 0 spiro atoms. The van der Waals surface area contributed by atoms with Crippen LogP contribution < -0.4 is 0 Å². The van der Waals surface area contributed by atoms with Gasteiger partial charge in [-0.2, -0.15) is 0 Å². The molecular formula is C42H44N2O10. The maximum absolute atomic E-state index is 13.1. The molecule has 2 fully saturated rings. The Morgan fingerprint density at radius 2 is 0.944 bits per heavy atom. The van der Waals surface area contributed by atoms with Crippen molar-refractivity contribution in [2.75, 3.05) is 13.2 Å². The molecule has 4 aliphatic rings. The third kappa shape index (κ3) is 7.56. The van der Waals surface area contributed by atoms with Gasteiger partial charge in [-0.3, -0.25) is 19.4 Å². The average Bonchev–Trinajstić information content (AvgIpc) is 3.42. The third-order valence-corrected chi connectivity index (χ3v) is 9.85. The lowest BCUT2D eigenvalue weighted by Crippen LogP contribution is -2.50. The highest BCUT2D eigenvalue weighted by atomic mass is 16.6. The summed E-state index contributed by atoms with van der Waals surface area (Å²) in [4.78, 5) is 80.8. The standard InChI is InChI=1S/C42H44N2O10/c1-39(2,3)53-37(49)43-29(21-41(7)19-17-33(41)43)35(47)51-23-31(45)27-13-9-25(10-14-27)26-11-15-28(16-12-26)32(46)24-52-36(48)30-22-42(8)20-18-34(42)44(30)38(50)54-40(4,5)6/h9-16,29-30,33-34H,21-24H2,1-8H3. The number of nitrogens with zero attached hydrogens (tertiary/aromatic N) is 2. The zero-order valence-corrected chi connectivity index (χ0v) is 31.7. The molecule has 0 aromatic heterocycles. The summed E-state index contributed by atoms with van der Waals surface area (Å²) in [6.07, 6.45) is -0.739. The lowest BCUT2D eigenvalue weighted by molar-refractivity contribution is -0.148. The number of ketones is 2. The van der Waals surface area contributed by atoms with Crippen LogP contribution in [0.3, 0.4) is 0 Å². The Morgan fingerprint density at radius 3 is 1.22 bits per heavy atom. The molecule has 0 N–H and O–H groups in total. The molecule has 12 heteroatoms. The summed E-state index contributed by atoms with van der Waals surface area (Å²) < 4.78 is 21.8. The largest absolute Gasteiger partial charge is 0.456 e. The van der Waals surface area contributed by atoms with Gasteiger partial charge in [-0.25, -0.2) is 19.2 Å². The summed E-state index contributed by atoms with van der Waals surface area (Å²) in [5.41, 5.74) is -0.430. The Labute approximate surface area is 314 Å². The molecule has 282 valence electrons. The molecule has 2 aromatic carbocycles. The van der Waals surface area contributed by atoms with Gasteiger partial charge in [0.2, 0.25) is 0 Å². The molecule has 2 aromatic rings. The summed E-state index contributed by atoms with van der Waals surface area (Å²) in [6, 6.07) is 10.6. The van der Waals surface area contributed by atoms with Gasteiger partial charge in [-0.1, -0.05) is 72.2 Å². The molecule has 0 bridgehead atoms. The number of esters is 2. The van der Waals surface area contributed by atoms with Crippen LogP contribution >= 0.6 is 0 Å². The van der Waals surface area contributed by atoms with Crippen LogP contribution in [0.1, 0.15) is 88.9 Å². The van der Waals surface area contributed by atoms with Gasteiger partial charge in [0.25, 0.3) is 0 Å². The van der Waals surface area contributed by atoms with Crippen molar-refractivity contribution in [1.82, 2.24) is 9.80 Å². The monoisotopic (exact) mass is 736 g/mol. The van der Waals surface area contributed by atoms with E-state index in [1.807, 2.05) is 13.8 Å². The van der Waals surface area contributed by atoms with Crippen LogP contribution in [0.25, 0.3) is 11.1 Å². The van der Waals surface area contributed by atoms with Crippen LogP contribution in [0, 0.1) is 34.5 Å². The number of benzene rings is 2.